The number of rotatable bonds is 4. The number of carboxylic acids is 1. The van der Waals surface area contributed by atoms with E-state index in [-0.39, 0.29) is 12.6 Å². The van der Waals surface area contributed by atoms with Gasteiger partial charge in [-0.1, -0.05) is 11.6 Å². The van der Waals surface area contributed by atoms with Crippen molar-refractivity contribution in [2.24, 2.45) is 5.92 Å². The van der Waals surface area contributed by atoms with Crippen molar-refractivity contribution >= 4 is 29.3 Å². The topological polar surface area (TPSA) is 113 Å². The van der Waals surface area contributed by atoms with Crippen molar-refractivity contribution in [3.05, 3.63) is 29.0 Å². The summed E-state index contributed by atoms with van der Waals surface area (Å²) in [6, 6.07) is 4.75. The standard InChI is InChI=1S/C16H17ClN6O3/c17-12-4-3-11(18-16(26)22-6-5-10(8-22)15(24)25)7-13(12)23-14(9-1-2-9)19-20-21-23/h3-4,7,9-10H,1-2,5-6,8H2,(H,18,26)(H,24,25). The van der Waals surface area contributed by atoms with E-state index in [2.05, 4.69) is 20.8 Å². The normalized spacial score (nSPS) is 19.6. The molecule has 9 nitrogen and oxygen atoms in total. The summed E-state index contributed by atoms with van der Waals surface area (Å²) >= 11 is 6.30. The van der Waals surface area contributed by atoms with Crippen molar-refractivity contribution in [1.82, 2.24) is 25.1 Å². The van der Waals surface area contributed by atoms with Gasteiger partial charge in [0, 0.05) is 24.7 Å². The Bertz CT molecular complexity index is 865. The van der Waals surface area contributed by atoms with E-state index in [0.717, 1.165) is 18.7 Å². The predicted molar refractivity (Wildman–Crippen MR) is 92.5 cm³/mol. The summed E-state index contributed by atoms with van der Waals surface area (Å²) in [5.74, 6) is -0.277. The highest BCUT2D eigenvalue weighted by molar-refractivity contribution is 6.32. The second-order valence-electron chi connectivity index (χ2n) is 6.59. The lowest BCUT2D eigenvalue weighted by Crippen LogP contribution is -2.33. The highest BCUT2D eigenvalue weighted by atomic mass is 35.5. The van der Waals surface area contributed by atoms with Gasteiger partial charge in [-0.15, -0.1) is 5.10 Å². The fourth-order valence-electron chi connectivity index (χ4n) is 3.06. The molecule has 26 heavy (non-hydrogen) atoms. The minimum Gasteiger partial charge on any atom is -0.481 e. The first kappa shape index (κ1) is 16.8. The smallest absolute Gasteiger partial charge is 0.321 e. The maximum absolute atomic E-state index is 12.4. The van der Waals surface area contributed by atoms with Crippen LogP contribution in [0.1, 0.15) is 31.0 Å². The van der Waals surface area contributed by atoms with Gasteiger partial charge < -0.3 is 15.3 Å². The molecule has 2 amide bonds. The first-order valence-corrected chi connectivity index (χ1v) is 8.77. The minimum atomic E-state index is -0.875. The highest BCUT2D eigenvalue weighted by Crippen LogP contribution is 2.40. The minimum absolute atomic E-state index is 0.209. The number of nitrogens with one attached hydrogen (secondary N) is 1. The number of hydrogen-bond acceptors (Lipinski definition) is 5. The van der Waals surface area contributed by atoms with Crippen LogP contribution in [0.15, 0.2) is 18.2 Å². The third-order valence-corrected chi connectivity index (χ3v) is 5.01. The summed E-state index contributed by atoms with van der Waals surface area (Å²) in [6.07, 6.45) is 2.56. The summed E-state index contributed by atoms with van der Waals surface area (Å²) in [5.41, 5.74) is 1.15. The second-order valence-corrected chi connectivity index (χ2v) is 7.00. The molecule has 0 radical (unpaired) electrons. The number of carbonyl (C=O) groups excluding carboxylic acids is 1. The fraction of sp³-hybridized carbons (Fsp3) is 0.438. The molecular formula is C16H17ClN6O3. The number of likely N-dealkylation sites (tertiary alicyclic amines) is 1. The Labute approximate surface area is 153 Å². The Morgan fingerprint density at radius 1 is 1.27 bits per heavy atom. The van der Waals surface area contributed by atoms with Crippen LogP contribution in [0, 0.1) is 5.92 Å². The van der Waals surface area contributed by atoms with E-state index in [1.54, 1.807) is 22.9 Å². The molecule has 10 heteroatoms. The second kappa shape index (κ2) is 6.56. The Balaban J connectivity index is 1.52. The van der Waals surface area contributed by atoms with Crippen molar-refractivity contribution in [3.8, 4) is 5.69 Å². The fourth-order valence-corrected chi connectivity index (χ4v) is 3.26. The highest BCUT2D eigenvalue weighted by Gasteiger charge is 2.32. The van der Waals surface area contributed by atoms with Gasteiger partial charge in [0.2, 0.25) is 0 Å². The average molecular weight is 377 g/mol. The van der Waals surface area contributed by atoms with Crippen LogP contribution in [0.25, 0.3) is 5.69 Å². The van der Waals surface area contributed by atoms with Crippen LogP contribution in [0.3, 0.4) is 0 Å². The molecule has 0 spiro atoms. The van der Waals surface area contributed by atoms with Crippen molar-refractivity contribution in [2.45, 2.75) is 25.2 Å². The van der Waals surface area contributed by atoms with Crippen molar-refractivity contribution < 1.29 is 14.7 Å². The first-order chi connectivity index (χ1) is 12.5. The van der Waals surface area contributed by atoms with E-state index in [4.69, 9.17) is 16.7 Å². The zero-order chi connectivity index (χ0) is 18.3. The SMILES string of the molecule is O=C(O)C1CCN(C(=O)Nc2ccc(Cl)c(-n3nnnc3C3CC3)c2)C1. The molecule has 1 unspecified atom stereocenters. The number of anilines is 1. The molecule has 0 bridgehead atoms. The monoisotopic (exact) mass is 376 g/mol. The van der Waals surface area contributed by atoms with Gasteiger partial charge in [-0.2, -0.15) is 4.68 Å². The molecule has 2 fully saturated rings. The first-order valence-electron chi connectivity index (χ1n) is 8.40. The number of amides is 2. The molecule has 1 aliphatic carbocycles. The lowest BCUT2D eigenvalue weighted by Gasteiger charge is -2.17. The molecule has 2 heterocycles. The molecular weight excluding hydrogens is 360 g/mol. The third kappa shape index (κ3) is 3.22. The Kier molecular flexibility index (Phi) is 4.23. The van der Waals surface area contributed by atoms with E-state index in [1.807, 2.05) is 0 Å². The van der Waals surface area contributed by atoms with Crippen LogP contribution in [-0.4, -0.2) is 55.3 Å². The van der Waals surface area contributed by atoms with Crippen molar-refractivity contribution in [2.75, 3.05) is 18.4 Å². The molecule has 2 aromatic rings. The van der Waals surface area contributed by atoms with Crippen LogP contribution < -0.4 is 5.32 Å². The molecule has 1 saturated carbocycles. The van der Waals surface area contributed by atoms with Crippen LogP contribution in [0.4, 0.5) is 10.5 Å². The summed E-state index contributed by atoms with van der Waals surface area (Å²) in [6.45, 7) is 0.627. The lowest BCUT2D eigenvalue weighted by atomic mass is 10.1. The van der Waals surface area contributed by atoms with Gasteiger partial charge in [0.15, 0.2) is 5.82 Å². The molecule has 1 atom stereocenters. The van der Waals surface area contributed by atoms with E-state index in [0.29, 0.717) is 35.3 Å². The van der Waals surface area contributed by atoms with Gasteiger partial charge in [0.05, 0.1) is 16.6 Å². The Hall–Kier alpha value is -2.68. The van der Waals surface area contributed by atoms with Gasteiger partial charge in [-0.05, 0) is 47.9 Å². The number of hydrogen-bond donors (Lipinski definition) is 2. The molecule has 1 aromatic heterocycles. The van der Waals surface area contributed by atoms with Gasteiger partial charge in [-0.25, -0.2) is 4.79 Å². The molecule has 2 N–H and O–H groups in total. The van der Waals surface area contributed by atoms with E-state index >= 15 is 0 Å². The number of benzene rings is 1. The van der Waals surface area contributed by atoms with Crippen LogP contribution in [-0.2, 0) is 4.79 Å². The molecule has 136 valence electrons. The van der Waals surface area contributed by atoms with E-state index in [1.165, 1.54) is 4.90 Å². The molecule has 1 saturated heterocycles. The van der Waals surface area contributed by atoms with Crippen LogP contribution in [0.2, 0.25) is 5.02 Å². The Morgan fingerprint density at radius 3 is 2.77 bits per heavy atom. The zero-order valence-electron chi connectivity index (χ0n) is 13.8. The average Bonchev–Trinajstić information content (AvgIpc) is 3.14. The van der Waals surface area contributed by atoms with Crippen LogP contribution in [0.5, 0.6) is 0 Å². The van der Waals surface area contributed by atoms with E-state index in [9.17, 15) is 9.59 Å². The van der Waals surface area contributed by atoms with Crippen LogP contribution >= 0.6 is 11.6 Å². The summed E-state index contributed by atoms with van der Waals surface area (Å²) < 4.78 is 1.60. The van der Waals surface area contributed by atoms with Gasteiger partial charge in [0.1, 0.15) is 0 Å². The van der Waals surface area contributed by atoms with Crippen molar-refractivity contribution in [1.29, 1.82) is 0 Å². The number of carbonyl (C=O) groups is 2. The maximum atomic E-state index is 12.4. The summed E-state index contributed by atoms with van der Waals surface area (Å²) in [4.78, 5) is 24.9. The number of carboxylic acid groups (broad SMARTS) is 1. The molecule has 1 aromatic carbocycles. The van der Waals surface area contributed by atoms with Gasteiger partial charge >= 0.3 is 12.0 Å². The maximum Gasteiger partial charge on any atom is 0.321 e. The molecule has 4 rings (SSSR count). The van der Waals surface area contributed by atoms with Gasteiger partial charge in [-0.3, -0.25) is 4.79 Å². The quantitative estimate of drug-likeness (QED) is 0.845. The molecule has 2 aliphatic rings. The third-order valence-electron chi connectivity index (χ3n) is 4.69. The Morgan fingerprint density at radius 2 is 2.08 bits per heavy atom. The van der Waals surface area contributed by atoms with E-state index < -0.39 is 11.9 Å². The number of aromatic nitrogens is 4. The number of nitrogens with zero attached hydrogens (tertiary/aromatic N) is 5. The van der Waals surface area contributed by atoms with Gasteiger partial charge in [0.25, 0.3) is 0 Å². The number of urea groups is 1. The number of tetrazole rings is 1. The lowest BCUT2D eigenvalue weighted by molar-refractivity contribution is -0.141. The largest absolute Gasteiger partial charge is 0.481 e. The number of aliphatic carboxylic acids is 1. The molecule has 1 aliphatic heterocycles. The summed E-state index contributed by atoms with van der Waals surface area (Å²) in [5, 5.41) is 24.1. The zero-order valence-corrected chi connectivity index (χ0v) is 14.6. The predicted octanol–water partition coefficient (Wildman–Crippen LogP) is 2.13. The van der Waals surface area contributed by atoms with Crippen molar-refractivity contribution in [3.63, 3.8) is 0 Å². The number of halogens is 1. The summed E-state index contributed by atoms with van der Waals surface area (Å²) in [7, 11) is 0.